The van der Waals surface area contributed by atoms with E-state index in [0.717, 1.165) is 42.4 Å². The van der Waals surface area contributed by atoms with Crippen molar-refractivity contribution in [3.63, 3.8) is 0 Å². The molecule has 4 heteroatoms. The molecule has 1 atom stereocenters. The molecule has 0 spiro atoms. The quantitative estimate of drug-likeness (QED) is 0.635. The molecule has 1 aliphatic carbocycles. The molecule has 2 aromatic rings. The number of aliphatic hydroxyl groups excluding tert-OH is 1. The largest absolute Gasteiger partial charge is 0.459 e. The highest BCUT2D eigenvalue weighted by atomic mass is 16.6. The fraction of sp³-hybridized carbons (Fsp3) is 0.409. The zero-order valence-electron chi connectivity index (χ0n) is 15.4. The minimum Gasteiger partial charge on any atom is -0.459 e. The molecule has 1 aliphatic rings. The lowest BCUT2D eigenvalue weighted by atomic mass is 9.94. The first-order chi connectivity index (χ1) is 12.5. The van der Waals surface area contributed by atoms with Crippen molar-refractivity contribution < 1.29 is 19.4 Å². The first-order valence-corrected chi connectivity index (χ1v) is 9.19. The number of esters is 1. The van der Waals surface area contributed by atoms with E-state index >= 15 is 0 Å². The Morgan fingerprint density at radius 3 is 1.96 bits per heavy atom. The van der Waals surface area contributed by atoms with Crippen LogP contribution in [0.1, 0.15) is 59.0 Å². The van der Waals surface area contributed by atoms with E-state index in [0.29, 0.717) is 5.56 Å². The van der Waals surface area contributed by atoms with E-state index in [9.17, 15) is 9.90 Å². The van der Waals surface area contributed by atoms with E-state index < -0.39 is 6.29 Å². The first kappa shape index (κ1) is 18.6. The molecule has 0 aromatic heterocycles. The second-order valence-electron chi connectivity index (χ2n) is 7.07. The zero-order chi connectivity index (χ0) is 18.5. The summed E-state index contributed by atoms with van der Waals surface area (Å²) in [5, 5.41) is 10.2. The molecule has 0 heterocycles. The van der Waals surface area contributed by atoms with Crippen LogP contribution in [0.25, 0.3) is 0 Å². The molecule has 0 radical (unpaired) electrons. The van der Waals surface area contributed by atoms with Crippen molar-refractivity contribution in [3.05, 3.63) is 70.8 Å². The van der Waals surface area contributed by atoms with Gasteiger partial charge in [-0.15, -0.1) is 0 Å². The summed E-state index contributed by atoms with van der Waals surface area (Å²) in [5.41, 5.74) is 3.62. The SMILES string of the molecule is Cc1ccc(C(=O)OC2CCC(OC(O)c3ccc(C)cc3)CC2)cc1. The standard InChI is InChI=1S/C22H26O4/c1-15-3-7-17(8-4-15)21(23)25-19-11-13-20(14-12-19)26-22(24)18-9-5-16(2)6-10-18/h3-10,19-21,23H,11-14H2,1-2H3. The second kappa shape index (κ2) is 8.47. The van der Waals surface area contributed by atoms with Gasteiger partial charge in [0.15, 0.2) is 6.29 Å². The average molecular weight is 354 g/mol. The fourth-order valence-electron chi connectivity index (χ4n) is 3.19. The van der Waals surface area contributed by atoms with Crippen LogP contribution in [0, 0.1) is 13.8 Å². The van der Waals surface area contributed by atoms with Gasteiger partial charge in [-0.2, -0.15) is 0 Å². The molecule has 1 N–H and O–H groups in total. The van der Waals surface area contributed by atoms with Gasteiger partial charge in [-0.25, -0.2) is 4.79 Å². The monoisotopic (exact) mass is 354 g/mol. The van der Waals surface area contributed by atoms with Crippen molar-refractivity contribution in [2.75, 3.05) is 0 Å². The predicted molar refractivity (Wildman–Crippen MR) is 99.9 cm³/mol. The molecule has 4 nitrogen and oxygen atoms in total. The molecule has 26 heavy (non-hydrogen) atoms. The normalized spacial score (nSPS) is 21.2. The van der Waals surface area contributed by atoms with Crippen LogP contribution >= 0.6 is 0 Å². The van der Waals surface area contributed by atoms with Gasteiger partial charge in [-0.1, -0.05) is 47.5 Å². The molecule has 3 rings (SSSR count). The van der Waals surface area contributed by atoms with Gasteiger partial charge in [0.05, 0.1) is 11.7 Å². The van der Waals surface area contributed by atoms with Crippen molar-refractivity contribution in [2.45, 2.75) is 58.0 Å². The highest BCUT2D eigenvalue weighted by Gasteiger charge is 2.26. The summed E-state index contributed by atoms with van der Waals surface area (Å²) >= 11 is 0. The van der Waals surface area contributed by atoms with Crippen LogP contribution in [0.3, 0.4) is 0 Å². The lowest BCUT2D eigenvalue weighted by molar-refractivity contribution is -0.153. The third-order valence-electron chi connectivity index (χ3n) is 4.87. The lowest BCUT2D eigenvalue weighted by Gasteiger charge is -2.30. The van der Waals surface area contributed by atoms with Gasteiger partial charge in [0.2, 0.25) is 0 Å². The van der Waals surface area contributed by atoms with Gasteiger partial charge < -0.3 is 14.6 Å². The van der Waals surface area contributed by atoms with Crippen molar-refractivity contribution >= 4 is 5.97 Å². The van der Waals surface area contributed by atoms with Crippen LogP contribution in [0.15, 0.2) is 48.5 Å². The molecule has 1 fully saturated rings. The van der Waals surface area contributed by atoms with Crippen molar-refractivity contribution in [3.8, 4) is 0 Å². The van der Waals surface area contributed by atoms with Gasteiger partial charge in [-0.05, 0) is 51.7 Å². The van der Waals surface area contributed by atoms with Crippen molar-refractivity contribution in [1.82, 2.24) is 0 Å². The van der Waals surface area contributed by atoms with E-state index in [2.05, 4.69) is 0 Å². The minimum atomic E-state index is -0.910. The van der Waals surface area contributed by atoms with E-state index in [4.69, 9.17) is 9.47 Å². The minimum absolute atomic E-state index is 0.0133. The summed E-state index contributed by atoms with van der Waals surface area (Å²) in [7, 11) is 0. The number of hydrogen-bond donors (Lipinski definition) is 1. The van der Waals surface area contributed by atoms with E-state index in [1.807, 2.05) is 50.2 Å². The number of rotatable bonds is 5. The summed E-state index contributed by atoms with van der Waals surface area (Å²) in [6.45, 7) is 4.00. The van der Waals surface area contributed by atoms with Gasteiger partial charge in [0.1, 0.15) is 6.10 Å². The molecule has 0 aliphatic heterocycles. The van der Waals surface area contributed by atoms with E-state index in [-0.39, 0.29) is 18.2 Å². The molecule has 0 bridgehead atoms. The molecule has 1 saturated carbocycles. The van der Waals surface area contributed by atoms with Crippen LogP contribution in [-0.4, -0.2) is 23.3 Å². The van der Waals surface area contributed by atoms with Gasteiger partial charge in [0.25, 0.3) is 0 Å². The Balaban J connectivity index is 1.45. The smallest absolute Gasteiger partial charge is 0.338 e. The Hall–Kier alpha value is -2.17. The van der Waals surface area contributed by atoms with Gasteiger partial charge >= 0.3 is 5.97 Å². The summed E-state index contributed by atoms with van der Waals surface area (Å²) in [6, 6.07) is 15.1. The molecule has 2 aromatic carbocycles. The topological polar surface area (TPSA) is 55.8 Å². The number of aliphatic hydroxyl groups is 1. The van der Waals surface area contributed by atoms with Crippen molar-refractivity contribution in [2.24, 2.45) is 0 Å². The number of carbonyl (C=O) groups is 1. The Labute approximate surface area is 154 Å². The summed E-state index contributed by atoms with van der Waals surface area (Å²) in [5.74, 6) is -0.269. The fourth-order valence-corrected chi connectivity index (χ4v) is 3.19. The van der Waals surface area contributed by atoms with Crippen LogP contribution in [0.5, 0.6) is 0 Å². The first-order valence-electron chi connectivity index (χ1n) is 9.19. The molecular formula is C22H26O4. The predicted octanol–water partition coefficient (Wildman–Crippen LogP) is 4.48. The van der Waals surface area contributed by atoms with Crippen LogP contribution in [0.2, 0.25) is 0 Å². The molecular weight excluding hydrogens is 328 g/mol. The Morgan fingerprint density at radius 1 is 0.885 bits per heavy atom. The molecule has 1 unspecified atom stereocenters. The molecule has 0 amide bonds. The number of benzene rings is 2. The summed E-state index contributed by atoms with van der Waals surface area (Å²) in [6.07, 6.45) is 2.04. The number of aryl methyl sites for hydroxylation is 2. The van der Waals surface area contributed by atoms with Crippen LogP contribution < -0.4 is 0 Å². The van der Waals surface area contributed by atoms with Gasteiger partial charge in [-0.3, -0.25) is 0 Å². The number of ether oxygens (including phenoxy) is 2. The highest BCUT2D eigenvalue weighted by Crippen LogP contribution is 2.28. The molecule has 0 saturated heterocycles. The Kier molecular flexibility index (Phi) is 6.07. The third-order valence-corrected chi connectivity index (χ3v) is 4.87. The molecule has 138 valence electrons. The number of hydrogen-bond acceptors (Lipinski definition) is 4. The maximum absolute atomic E-state index is 12.2. The summed E-state index contributed by atoms with van der Waals surface area (Å²) < 4.78 is 11.4. The maximum atomic E-state index is 12.2. The van der Waals surface area contributed by atoms with Crippen LogP contribution in [-0.2, 0) is 9.47 Å². The van der Waals surface area contributed by atoms with E-state index in [1.165, 1.54) is 0 Å². The van der Waals surface area contributed by atoms with Crippen molar-refractivity contribution in [1.29, 1.82) is 0 Å². The van der Waals surface area contributed by atoms with E-state index in [1.54, 1.807) is 12.1 Å². The second-order valence-corrected chi connectivity index (χ2v) is 7.07. The Bertz CT molecular complexity index is 713. The van der Waals surface area contributed by atoms with Gasteiger partial charge in [0, 0.05) is 5.56 Å². The third kappa shape index (κ3) is 4.93. The lowest BCUT2D eigenvalue weighted by Crippen LogP contribution is -2.29. The highest BCUT2D eigenvalue weighted by molar-refractivity contribution is 5.89. The van der Waals surface area contributed by atoms with Crippen LogP contribution in [0.4, 0.5) is 0 Å². The zero-order valence-corrected chi connectivity index (χ0v) is 15.4. The Morgan fingerprint density at radius 2 is 1.38 bits per heavy atom. The number of carbonyl (C=O) groups excluding carboxylic acids is 1. The summed E-state index contributed by atoms with van der Waals surface area (Å²) in [4.78, 5) is 12.2. The average Bonchev–Trinajstić information content (AvgIpc) is 2.64. The maximum Gasteiger partial charge on any atom is 0.338 e.